The normalized spacial score (nSPS) is 11.0. The van der Waals surface area contributed by atoms with E-state index in [4.69, 9.17) is 0 Å². The number of amides is 2. The summed E-state index contributed by atoms with van der Waals surface area (Å²) in [6, 6.07) is 6.88. The molecule has 14 nitrogen and oxygen atoms in total. The molecule has 0 aliphatic carbocycles. The van der Waals surface area contributed by atoms with Crippen LogP contribution in [0, 0.1) is 20.2 Å². The van der Waals surface area contributed by atoms with E-state index < -0.39 is 9.85 Å². The molecule has 0 spiro atoms. The predicted octanol–water partition coefficient (Wildman–Crippen LogP) is 2.86. The van der Waals surface area contributed by atoms with Gasteiger partial charge in [0.1, 0.15) is 11.5 Å². The number of phenols is 2. The maximum absolute atomic E-state index is 11.8. The van der Waals surface area contributed by atoms with Gasteiger partial charge in [-0.15, -0.1) is 0 Å². The Balaban J connectivity index is 1.62. The van der Waals surface area contributed by atoms with E-state index in [9.17, 15) is 40.0 Å². The Bertz CT molecular complexity index is 1090. The molecule has 0 heterocycles. The first-order valence-electron chi connectivity index (χ1n) is 10.8. The first-order valence-corrected chi connectivity index (χ1v) is 10.8. The highest BCUT2D eigenvalue weighted by molar-refractivity contribution is 5.86. The molecule has 2 rings (SSSR count). The van der Waals surface area contributed by atoms with Gasteiger partial charge in [0.15, 0.2) is 0 Å². The highest BCUT2D eigenvalue weighted by Gasteiger charge is 2.10. The van der Waals surface area contributed by atoms with Crippen LogP contribution in [0.15, 0.2) is 46.6 Å². The Morgan fingerprint density at radius 2 is 1.14 bits per heavy atom. The standard InChI is InChI=1S/C22H24N6O8/c29-19-9-7-17(27(33)34)11-15(19)13-23-25-21(31)5-3-1-2-4-6-22(32)26-24-14-16-12-18(28(35)36)8-10-20(16)30/h7-14,29-30H,1-6H2,(H,25,31)(H,26,32)/b23-13+,24-14+. The fraction of sp³-hybridized carbons (Fsp3) is 0.273. The second-order valence-electron chi connectivity index (χ2n) is 7.50. The number of carbonyl (C=O) groups excluding carboxylic acids is 2. The molecule has 0 unspecified atom stereocenters. The van der Waals surface area contributed by atoms with Gasteiger partial charge in [-0.25, -0.2) is 10.9 Å². The van der Waals surface area contributed by atoms with Crippen molar-refractivity contribution in [3.05, 3.63) is 67.8 Å². The van der Waals surface area contributed by atoms with E-state index in [0.717, 1.165) is 48.8 Å². The molecule has 36 heavy (non-hydrogen) atoms. The number of hydrazone groups is 2. The van der Waals surface area contributed by atoms with Crippen LogP contribution in [0.1, 0.15) is 49.7 Å². The zero-order chi connectivity index (χ0) is 26.5. The molecule has 2 aromatic carbocycles. The number of nitrogens with zero attached hydrogens (tertiary/aromatic N) is 4. The minimum atomic E-state index is -0.613. The Morgan fingerprint density at radius 3 is 1.50 bits per heavy atom. The van der Waals surface area contributed by atoms with E-state index in [2.05, 4.69) is 21.1 Å². The molecular formula is C22H24N6O8. The number of unbranched alkanes of at least 4 members (excludes halogenated alkanes) is 3. The number of nitro groups is 2. The van der Waals surface area contributed by atoms with Crippen LogP contribution >= 0.6 is 0 Å². The molecule has 0 aromatic heterocycles. The molecule has 14 heteroatoms. The summed E-state index contributed by atoms with van der Waals surface area (Å²) in [6.07, 6.45) is 5.05. The van der Waals surface area contributed by atoms with Crippen molar-refractivity contribution in [3.8, 4) is 11.5 Å². The van der Waals surface area contributed by atoms with Gasteiger partial charge in [-0.05, 0) is 25.0 Å². The molecule has 4 N–H and O–H groups in total. The van der Waals surface area contributed by atoms with Gasteiger partial charge in [0.05, 0.1) is 22.3 Å². The van der Waals surface area contributed by atoms with Gasteiger partial charge in [-0.2, -0.15) is 10.2 Å². The number of benzene rings is 2. The molecule has 2 amide bonds. The number of rotatable bonds is 13. The summed E-state index contributed by atoms with van der Waals surface area (Å²) in [5.41, 5.74) is 4.31. The fourth-order valence-corrected chi connectivity index (χ4v) is 2.90. The number of non-ortho nitro benzene ring substituents is 2. The van der Waals surface area contributed by atoms with Crippen molar-refractivity contribution in [2.45, 2.75) is 38.5 Å². The maximum Gasteiger partial charge on any atom is 0.270 e. The van der Waals surface area contributed by atoms with Crippen molar-refractivity contribution >= 4 is 35.6 Å². The lowest BCUT2D eigenvalue weighted by Gasteiger charge is -2.02. The lowest BCUT2D eigenvalue weighted by atomic mass is 10.1. The van der Waals surface area contributed by atoms with E-state index in [0.29, 0.717) is 25.7 Å². The summed E-state index contributed by atoms with van der Waals surface area (Å²) >= 11 is 0. The number of hydrogen-bond donors (Lipinski definition) is 4. The van der Waals surface area contributed by atoms with Crippen molar-refractivity contribution < 1.29 is 29.6 Å². The Kier molecular flexibility index (Phi) is 10.4. The number of aromatic hydroxyl groups is 2. The van der Waals surface area contributed by atoms with Crippen molar-refractivity contribution in [1.82, 2.24) is 10.9 Å². The van der Waals surface area contributed by atoms with Gasteiger partial charge >= 0.3 is 0 Å². The Morgan fingerprint density at radius 1 is 0.750 bits per heavy atom. The maximum atomic E-state index is 11.8. The van der Waals surface area contributed by atoms with Gasteiger partial charge in [-0.1, -0.05) is 12.8 Å². The molecule has 2 aromatic rings. The third kappa shape index (κ3) is 9.17. The molecular weight excluding hydrogens is 476 g/mol. The van der Waals surface area contributed by atoms with Gasteiger partial charge in [0.25, 0.3) is 11.4 Å². The third-order valence-corrected chi connectivity index (χ3v) is 4.79. The zero-order valence-corrected chi connectivity index (χ0v) is 19.0. The van der Waals surface area contributed by atoms with Crippen molar-refractivity contribution in [2.75, 3.05) is 0 Å². The van der Waals surface area contributed by atoms with Crippen LogP contribution in [0.4, 0.5) is 11.4 Å². The summed E-state index contributed by atoms with van der Waals surface area (Å²) in [5.74, 6) is -1.16. The monoisotopic (exact) mass is 500 g/mol. The third-order valence-electron chi connectivity index (χ3n) is 4.79. The van der Waals surface area contributed by atoms with E-state index in [1.807, 2.05) is 0 Å². The number of hydrogen-bond acceptors (Lipinski definition) is 10. The van der Waals surface area contributed by atoms with Crippen LogP contribution in [-0.2, 0) is 9.59 Å². The first kappa shape index (κ1) is 27.4. The van der Waals surface area contributed by atoms with Crippen LogP contribution in [-0.4, -0.2) is 44.3 Å². The minimum absolute atomic E-state index is 0.0917. The first-order chi connectivity index (χ1) is 17.2. The predicted molar refractivity (Wildman–Crippen MR) is 129 cm³/mol. The van der Waals surface area contributed by atoms with Crippen LogP contribution in [0.25, 0.3) is 0 Å². The summed E-state index contributed by atoms with van der Waals surface area (Å²) in [6.45, 7) is 0. The molecule has 0 aliphatic rings. The van der Waals surface area contributed by atoms with Crippen LogP contribution in [0.5, 0.6) is 11.5 Å². The van der Waals surface area contributed by atoms with Crippen LogP contribution in [0.3, 0.4) is 0 Å². The number of carbonyl (C=O) groups is 2. The van der Waals surface area contributed by atoms with Crippen LogP contribution < -0.4 is 10.9 Å². The van der Waals surface area contributed by atoms with E-state index in [1.54, 1.807) is 0 Å². The largest absolute Gasteiger partial charge is 0.507 e. The second-order valence-corrected chi connectivity index (χ2v) is 7.50. The van der Waals surface area contributed by atoms with Crippen molar-refractivity contribution in [3.63, 3.8) is 0 Å². The summed E-state index contributed by atoms with van der Waals surface area (Å²) in [7, 11) is 0. The highest BCUT2D eigenvalue weighted by Crippen LogP contribution is 2.22. The molecule has 190 valence electrons. The number of phenolic OH excluding ortho intramolecular Hbond substituents is 2. The average Bonchev–Trinajstić information content (AvgIpc) is 2.83. The topological polar surface area (TPSA) is 210 Å². The lowest BCUT2D eigenvalue weighted by molar-refractivity contribution is -0.385. The van der Waals surface area contributed by atoms with Gasteiger partial charge in [-0.3, -0.25) is 29.8 Å². The minimum Gasteiger partial charge on any atom is -0.507 e. The summed E-state index contributed by atoms with van der Waals surface area (Å²) < 4.78 is 0. The van der Waals surface area contributed by atoms with E-state index >= 15 is 0 Å². The van der Waals surface area contributed by atoms with Gasteiger partial charge in [0, 0.05) is 48.2 Å². The number of nitro benzene ring substituents is 2. The molecule has 0 bridgehead atoms. The molecule has 0 fully saturated rings. The van der Waals surface area contributed by atoms with Crippen molar-refractivity contribution in [1.29, 1.82) is 0 Å². The lowest BCUT2D eigenvalue weighted by Crippen LogP contribution is -2.17. The zero-order valence-electron chi connectivity index (χ0n) is 19.0. The quantitative estimate of drug-likeness (QED) is 0.139. The SMILES string of the molecule is O=C(CCCCCCC(=O)N/N=C/c1cc([N+](=O)[O-])ccc1O)N/N=C/c1cc([N+](=O)[O-])ccc1O. The molecule has 0 aliphatic heterocycles. The van der Waals surface area contributed by atoms with E-state index in [-0.39, 0.29) is 58.7 Å². The smallest absolute Gasteiger partial charge is 0.270 e. The molecule has 0 saturated heterocycles. The Hall–Kier alpha value is -4.88. The van der Waals surface area contributed by atoms with Gasteiger partial charge < -0.3 is 10.2 Å². The van der Waals surface area contributed by atoms with E-state index in [1.165, 1.54) is 0 Å². The summed E-state index contributed by atoms with van der Waals surface area (Å²) in [5, 5.41) is 48.3. The Labute approximate surface area is 204 Å². The molecule has 0 radical (unpaired) electrons. The summed E-state index contributed by atoms with van der Waals surface area (Å²) in [4.78, 5) is 44.0. The number of nitrogens with one attached hydrogen (secondary N) is 2. The van der Waals surface area contributed by atoms with Crippen molar-refractivity contribution in [2.24, 2.45) is 10.2 Å². The van der Waals surface area contributed by atoms with Gasteiger partial charge in [0.2, 0.25) is 11.8 Å². The molecule has 0 saturated carbocycles. The fourth-order valence-electron chi connectivity index (χ4n) is 2.90. The highest BCUT2D eigenvalue weighted by atomic mass is 16.6. The second kappa shape index (κ2) is 13.7. The molecule has 0 atom stereocenters. The van der Waals surface area contributed by atoms with Crippen LogP contribution in [0.2, 0.25) is 0 Å². The average molecular weight is 500 g/mol.